The number of aryl methyl sites for hydroxylation is 1. The molecule has 0 bridgehead atoms. The van der Waals surface area contributed by atoms with Crippen molar-refractivity contribution in [1.29, 1.82) is 0 Å². The van der Waals surface area contributed by atoms with Gasteiger partial charge in [-0.15, -0.1) is 0 Å². The molecule has 1 amide bonds. The highest BCUT2D eigenvalue weighted by Gasteiger charge is 2.29. The van der Waals surface area contributed by atoms with Crippen LogP contribution in [-0.2, 0) is 4.79 Å². The summed E-state index contributed by atoms with van der Waals surface area (Å²) < 4.78 is 5.65. The number of amides is 1. The van der Waals surface area contributed by atoms with Gasteiger partial charge in [0.1, 0.15) is 5.75 Å². The van der Waals surface area contributed by atoms with Gasteiger partial charge in [0.05, 0.1) is 18.2 Å². The summed E-state index contributed by atoms with van der Waals surface area (Å²) in [5.41, 5.74) is 4.19. The molecule has 5 nitrogen and oxygen atoms in total. The lowest BCUT2D eigenvalue weighted by molar-refractivity contribution is -0.113. The highest BCUT2D eigenvalue weighted by Crippen LogP contribution is 2.29. The van der Waals surface area contributed by atoms with Crippen molar-refractivity contribution in [1.82, 2.24) is 10.6 Å². The Balaban J connectivity index is 1.85. The third-order valence-corrected chi connectivity index (χ3v) is 4.73. The van der Waals surface area contributed by atoms with Crippen LogP contribution in [0.5, 0.6) is 5.75 Å². The van der Waals surface area contributed by atoms with Crippen LogP contribution in [0.3, 0.4) is 0 Å². The molecule has 1 aliphatic rings. The first kappa shape index (κ1) is 19.9. The number of allylic oxidation sites excluding steroid dienone is 1. The molecule has 0 fully saturated rings. The molecule has 0 radical (unpaired) electrons. The van der Waals surface area contributed by atoms with E-state index in [1.54, 1.807) is 0 Å². The summed E-state index contributed by atoms with van der Waals surface area (Å²) in [6, 6.07) is 15.2. The number of hydrogen-bond donors (Lipinski definition) is 3. The number of anilines is 1. The van der Waals surface area contributed by atoms with Gasteiger partial charge in [0.25, 0.3) is 5.91 Å². The monoisotopic (exact) mass is 395 g/mol. The van der Waals surface area contributed by atoms with E-state index in [0.29, 0.717) is 17.3 Å². The van der Waals surface area contributed by atoms with E-state index < -0.39 is 0 Å². The summed E-state index contributed by atoms with van der Waals surface area (Å²) in [5, 5.41) is 9.75. The molecule has 0 spiro atoms. The molecule has 1 aliphatic heterocycles. The Hall–Kier alpha value is -2.86. The maximum absolute atomic E-state index is 13.0. The van der Waals surface area contributed by atoms with Crippen LogP contribution in [0.2, 0.25) is 0 Å². The number of hydrogen-bond acceptors (Lipinski definition) is 3. The van der Waals surface area contributed by atoms with Crippen molar-refractivity contribution in [3.8, 4) is 5.75 Å². The van der Waals surface area contributed by atoms with Crippen LogP contribution in [0.15, 0.2) is 59.8 Å². The van der Waals surface area contributed by atoms with E-state index in [4.69, 9.17) is 17.0 Å². The summed E-state index contributed by atoms with van der Waals surface area (Å²) in [7, 11) is 0. The molecule has 28 heavy (non-hydrogen) atoms. The average molecular weight is 396 g/mol. The fourth-order valence-electron chi connectivity index (χ4n) is 3.06. The molecule has 3 N–H and O–H groups in total. The number of carbonyl (C=O) groups excluding carboxylic acids is 1. The normalized spacial score (nSPS) is 16.2. The van der Waals surface area contributed by atoms with Gasteiger partial charge in [-0.1, -0.05) is 36.8 Å². The zero-order valence-corrected chi connectivity index (χ0v) is 17.2. The summed E-state index contributed by atoms with van der Waals surface area (Å²) in [5.74, 6) is 0.647. The zero-order chi connectivity index (χ0) is 20.1. The van der Waals surface area contributed by atoms with E-state index in [-0.39, 0.29) is 11.9 Å². The average Bonchev–Trinajstić information content (AvgIpc) is 2.68. The van der Waals surface area contributed by atoms with Gasteiger partial charge >= 0.3 is 0 Å². The Kier molecular flexibility index (Phi) is 6.31. The van der Waals surface area contributed by atoms with Gasteiger partial charge in [0.15, 0.2) is 5.11 Å². The number of benzene rings is 2. The molecule has 0 saturated carbocycles. The number of thiocarbonyl (C=S) groups is 1. The minimum absolute atomic E-state index is 0.167. The number of ether oxygens (including phenoxy) is 1. The quantitative estimate of drug-likeness (QED) is 0.640. The predicted molar refractivity (Wildman–Crippen MR) is 116 cm³/mol. The Morgan fingerprint density at radius 2 is 1.79 bits per heavy atom. The van der Waals surface area contributed by atoms with Crippen LogP contribution in [0, 0.1) is 6.92 Å². The second-order valence-electron chi connectivity index (χ2n) is 6.81. The second kappa shape index (κ2) is 8.89. The summed E-state index contributed by atoms with van der Waals surface area (Å²) in [6.07, 6.45) is 0.955. The minimum atomic E-state index is -0.334. The maximum Gasteiger partial charge on any atom is 0.255 e. The standard InChI is InChI=1S/C22H25N3O2S/c1-4-13-27-18-11-7-16(8-12-18)20-19(15(3)23-22(28)25-20)21(26)24-17-9-5-14(2)6-10-17/h5-12,20H,4,13H2,1-3H3,(H,24,26)(H2,23,25,28). The number of rotatable bonds is 6. The van der Waals surface area contributed by atoms with Gasteiger partial charge < -0.3 is 20.7 Å². The van der Waals surface area contributed by atoms with Crippen LogP contribution < -0.4 is 20.7 Å². The Labute approximate surface area is 171 Å². The molecule has 0 aromatic heterocycles. The highest BCUT2D eigenvalue weighted by molar-refractivity contribution is 7.80. The van der Waals surface area contributed by atoms with E-state index in [2.05, 4.69) is 22.9 Å². The first-order valence-electron chi connectivity index (χ1n) is 9.37. The van der Waals surface area contributed by atoms with E-state index in [1.807, 2.05) is 62.4 Å². The van der Waals surface area contributed by atoms with Crippen molar-refractivity contribution in [2.45, 2.75) is 33.2 Å². The van der Waals surface area contributed by atoms with Crippen molar-refractivity contribution in [3.63, 3.8) is 0 Å². The van der Waals surface area contributed by atoms with Gasteiger partial charge in [-0.2, -0.15) is 0 Å². The lowest BCUT2D eigenvalue weighted by atomic mass is 9.95. The lowest BCUT2D eigenvalue weighted by Crippen LogP contribution is -2.45. The van der Waals surface area contributed by atoms with E-state index >= 15 is 0 Å². The van der Waals surface area contributed by atoms with Crippen LogP contribution in [0.4, 0.5) is 5.69 Å². The molecule has 1 heterocycles. The lowest BCUT2D eigenvalue weighted by Gasteiger charge is -2.30. The topological polar surface area (TPSA) is 62.4 Å². The Morgan fingerprint density at radius 3 is 2.43 bits per heavy atom. The predicted octanol–water partition coefficient (Wildman–Crippen LogP) is 4.22. The molecule has 146 valence electrons. The van der Waals surface area contributed by atoms with Crippen LogP contribution in [0.25, 0.3) is 0 Å². The minimum Gasteiger partial charge on any atom is -0.494 e. The zero-order valence-electron chi connectivity index (χ0n) is 16.3. The molecule has 6 heteroatoms. The summed E-state index contributed by atoms with van der Waals surface area (Å²) in [4.78, 5) is 13.0. The molecule has 2 aromatic rings. The number of carbonyl (C=O) groups is 1. The summed E-state index contributed by atoms with van der Waals surface area (Å²) in [6.45, 7) is 6.63. The van der Waals surface area contributed by atoms with Gasteiger partial charge in [-0.05, 0) is 62.3 Å². The smallest absolute Gasteiger partial charge is 0.255 e. The fraction of sp³-hybridized carbons (Fsp3) is 0.273. The number of nitrogens with one attached hydrogen (secondary N) is 3. The van der Waals surface area contributed by atoms with Crippen molar-refractivity contribution in [2.75, 3.05) is 11.9 Å². The van der Waals surface area contributed by atoms with E-state index in [0.717, 1.165) is 34.7 Å². The van der Waals surface area contributed by atoms with E-state index in [9.17, 15) is 4.79 Å². The molecular formula is C22H25N3O2S. The Morgan fingerprint density at radius 1 is 1.11 bits per heavy atom. The molecule has 3 rings (SSSR count). The van der Waals surface area contributed by atoms with E-state index in [1.165, 1.54) is 0 Å². The molecule has 0 aliphatic carbocycles. The van der Waals surface area contributed by atoms with Gasteiger partial charge in [-0.25, -0.2) is 0 Å². The maximum atomic E-state index is 13.0. The van der Waals surface area contributed by atoms with Gasteiger partial charge in [0.2, 0.25) is 0 Å². The molecule has 1 atom stereocenters. The molecule has 2 aromatic carbocycles. The second-order valence-corrected chi connectivity index (χ2v) is 7.22. The summed E-state index contributed by atoms with van der Waals surface area (Å²) >= 11 is 5.31. The fourth-order valence-corrected chi connectivity index (χ4v) is 3.33. The third kappa shape index (κ3) is 4.70. The molecule has 1 unspecified atom stereocenters. The molecule has 0 saturated heterocycles. The Bertz CT molecular complexity index is 889. The van der Waals surface area contributed by atoms with Crippen molar-refractivity contribution >= 4 is 28.9 Å². The van der Waals surface area contributed by atoms with Crippen molar-refractivity contribution in [2.24, 2.45) is 0 Å². The largest absolute Gasteiger partial charge is 0.494 e. The van der Waals surface area contributed by atoms with Gasteiger partial charge in [0, 0.05) is 11.4 Å². The highest BCUT2D eigenvalue weighted by atomic mass is 32.1. The first-order chi connectivity index (χ1) is 13.5. The van der Waals surface area contributed by atoms with Crippen LogP contribution >= 0.6 is 12.2 Å². The van der Waals surface area contributed by atoms with Crippen molar-refractivity contribution < 1.29 is 9.53 Å². The van der Waals surface area contributed by atoms with Crippen LogP contribution in [0.1, 0.15) is 37.4 Å². The third-order valence-electron chi connectivity index (χ3n) is 4.51. The van der Waals surface area contributed by atoms with Crippen LogP contribution in [-0.4, -0.2) is 17.6 Å². The van der Waals surface area contributed by atoms with Gasteiger partial charge in [-0.3, -0.25) is 4.79 Å². The first-order valence-corrected chi connectivity index (χ1v) is 9.78. The SMILES string of the molecule is CCCOc1ccc(C2NC(=S)NC(C)=C2C(=O)Nc2ccc(C)cc2)cc1. The van der Waals surface area contributed by atoms with Crippen molar-refractivity contribution in [3.05, 3.63) is 70.9 Å². The molecular weight excluding hydrogens is 370 g/mol.